The minimum Gasteiger partial charge on any atom is -0.494 e. The molecule has 40 heavy (non-hydrogen) atoms. The van der Waals surface area contributed by atoms with Crippen LogP contribution in [-0.4, -0.2) is 51.7 Å². The number of benzene rings is 1. The first kappa shape index (κ1) is 27.3. The summed E-state index contributed by atoms with van der Waals surface area (Å²) in [6.45, 7) is 4.48. The van der Waals surface area contributed by atoms with Crippen LogP contribution < -0.4 is 20.5 Å². The molecule has 210 valence electrons. The molecule has 3 aromatic heterocycles. The lowest BCUT2D eigenvalue weighted by molar-refractivity contribution is 0.147. The molecular weight excluding hydrogens is 520 g/mol. The van der Waals surface area contributed by atoms with E-state index in [1.807, 2.05) is 6.92 Å². The molecule has 3 N–H and O–H groups in total. The van der Waals surface area contributed by atoms with E-state index in [9.17, 15) is 8.78 Å². The number of halogens is 2. The maximum atomic E-state index is 14.9. The monoisotopic (exact) mass is 551 g/mol. The topological polar surface area (TPSA) is 122 Å². The predicted octanol–water partition coefficient (Wildman–Crippen LogP) is 5.00. The molecule has 1 fully saturated rings. The highest BCUT2D eigenvalue weighted by Crippen LogP contribution is 2.44. The zero-order chi connectivity index (χ0) is 28.2. The summed E-state index contributed by atoms with van der Waals surface area (Å²) in [5.74, 6) is -0.0120. The molecule has 1 aliphatic rings. The fraction of sp³-hybridized carbons (Fsp3) is 0.357. The van der Waals surface area contributed by atoms with Crippen LogP contribution in [0.15, 0.2) is 36.7 Å². The van der Waals surface area contributed by atoms with E-state index < -0.39 is 11.6 Å². The van der Waals surface area contributed by atoms with Crippen molar-refractivity contribution in [2.75, 3.05) is 38.0 Å². The summed E-state index contributed by atoms with van der Waals surface area (Å²) in [4.78, 5) is 13.3. The highest BCUT2D eigenvalue weighted by atomic mass is 19.1. The van der Waals surface area contributed by atoms with Crippen molar-refractivity contribution in [3.63, 3.8) is 0 Å². The average molecular weight is 552 g/mol. The molecule has 5 rings (SSSR count). The molecule has 0 saturated heterocycles. The maximum Gasteiger partial charge on any atom is 0.204 e. The van der Waals surface area contributed by atoms with Crippen molar-refractivity contribution in [2.24, 2.45) is 0 Å². The van der Waals surface area contributed by atoms with Gasteiger partial charge >= 0.3 is 0 Å². The Bertz CT molecular complexity index is 1470. The van der Waals surface area contributed by atoms with E-state index in [2.05, 4.69) is 15.3 Å². The SMILES string of the molecule is CCOc1cc(F)c(Cn2nc(-c3nc(N)c(OCCOC)c(Nc4ccncc4)n3)c(C)c2C2CC2)c(F)c1. The molecule has 0 aliphatic heterocycles. The lowest BCUT2D eigenvalue weighted by Crippen LogP contribution is -2.11. The molecule has 0 amide bonds. The van der Waals surface area contributed by atoms with Gasteiger partial charge in [0, 0.05) is 60.1 Å². The molecule has 1 saturated carbocycles. The predicted molar refractivity (Wildman–Crippen MR) is 146 cm³/mol. The fourth-order valence-electron chi connectivity index (χ4n) is 4.50. The lowest BCUT2D eigenvalue weighted by Gasteiger charge is -2.15. The summed E-state index contributed by atoms with van der Waals surface area (Å²) in [5.41, 5.74) is 9.18. The van der Waals surface area contributed by atoms with Gasteiger partial charge in [-0.15, -0.1) is 0 Å². The molecule has 0 bridgehead atoms. The normalized spacial score (nSPS) is 12.9. The molecule has 3 heterocycles. The number of nitrogen functional groups attached to an aromatic ring is 1. The average Bonchev–Trinajstić information content (AvgIpc) is 3.71. The number of pyridine rings is 1. The van der Waals surface area contributed by atoms with Gasteiger partial charge in [0.15, 0.2) is 17.5 Å². The van der Waals surface area contributed by atoms with E-state index in [0.29, 0.717) is 24.7 Å². The van der Waals surface area contributed by atoms with Gasteiger partial charge in [-0.05, 0) is 38.8 Å². The second-order valence-electron chi connectivity index (χ2n) is 9.40. The van der Waals surface area contributed by atoms with Gasteiger partial charge in [-0.2, -0.15) is 5.10 Å². The Labute approximate surface area is 230 Å². The second kappa shape index (κ2) is 11.8. The highest BCUT2D eigenvalue weighted by molar-refractivity contribution is 5.72. The molecule has 10 nitrogen and oxygen atoms in total. The van der Waals surface area contributed by atoms with Gasteiger partial charge in [-0.1, -0.05) is 0 Å². The highest BCUT2D eigenvalue weighted by Gasteiger charge is 2.33. The third kappa shape index (κ3) is 5.81. The van der Waals surface area contributed by atoms with Crippen molar-refractivity contribution in [3.05, 3.63) is 65.1 Å². The summed E-state index contributed by atoms with van der Waals surface area (Å²) < 4.78 is 47.7. The molecule has 0 radical (unpaired) electrons. The Morgan fingerprint density at radius 2 is 1.80 bits per heavy atom. The quantitative estimate of drug-likeness (QED) is 0.234. The number of ether oxygens (including phenoxy) is 3. The second-order valence-corrected chi connectivity index (χ2v) is 9.40. The smallest absolute Gasteiger partial charge is 0.204 e. The first-order valence-electron chi connectivity index (χ1n) is 13.0. The minimum absolute atomic E-state index is 0.0907. The zero-order valence-corrected chi connectivity index (χ0v) is 22.6. The van der Waals surface area contributed by atoms with Crippen LogP contribution >= 0.6 is 0 Å². The van der Waals surface area contributed by atoms with Gasteiger partial charge in [0.05, 0.1) is 19.8 Å². The van der Waals surface area contributed by atoms with Gasteiger partial charge in [0.2, 0.25) is 5.75 Å². The van der Waals surface area contributed by atoms with Crippen LogP contribution in [0.25, 0.3) is 11.5 Å². The van der Waals surface area contributed by atoms with Crippen LogP contribution in [0.2, 0.25) is 0 Å². The Morgan fingerprint density at radius 1 is 1.07 bits per heavy atom. The van der Waals surface area contributed by atoms with Crippen molar-refractivity contribution in [1.29, 1.82) is 0 Å². The Hall–Kier alpha value is -4.32. The van der Waals surface area contributed by atoms with Crippen molar-refractivity contribution >= 4 is 17.3 Å². The van der Waals surface area contributed by atoms with Crippen LogP contribution in [0.3, 0.4) is 0 Å². The molecule has 12 heteroatoms. The molecule has 0 atom stereocenters. The van der Waals surface area contributed by atoms with Crippen LogP contribution in [0.4, 0.5) is 26.1 Å². The third-order valence-corrected chi connectivity index (χ3v) is 6.52. The lowest BCUT2D eigenvalue weighted by atomic mass is 10.1. The molecule has 1 aliphatic carbocycles. The van der Waals surface area contributed by atoms with E-state index in [1.54, 1.807) is 43.2 Å². The van der Waals surface area contributed by atoms with Crippen molar-refractivity contribution < 1.29 is 23.0 Å². The molecule has 1 aromatic carbocycles. The van der Waals surface area contributed by atoms with Gasteiger partial charge in [0.1, 0.15) is 29.7 Å². The zero-order valence-electron chi connectivity index (χ0n) is 22.6. The number of hydrogen-bond acceptors (Lipinski definition) is 9. The van der Waals surface area contributed by atoms with Gasteiger partial charge in [-0.3, -0.25) is 9.67 Å². The minimum atomic E-state index is -0.693. The summed E-state index contributed by atoms with van der Waals surface area (Å²) in [5, 5.41) is 7.96. The summed E-state index contributed by atoms with van der Waals surface area (Å²) in [6.07, 6.45) is 5.22. The summed E-state index contributed by atoms with van der Waals surface area (Å²) in [7, 11) is 1.57. The molecular formula is C28H31F2N7O3. The van der Waals surface area contributed by atoms with Crippen molar-refractivity contribution in [2.45, 2.75) is 39.2 Å². The van der Waals surface area contributed by atoms with Crippen molar-refractivity contribution in [3.8, 4) is 23.0 Å². The van der Waals surface area contributed by atoms with Crippen molar-refractivity contribution in [1.82, 2.24) is 24.7 Å². The van der Waals surface area contributed by atoms with Crippen LogP contribution in [0.1, 0.15) is 42.5 Å². The van der Waals surface area contributed by atoms with E-state index in [0.717, 1.165) is 29.8 Å². The number of hydrogen-bond donors (Lipinski definition) is 2. The Morgan fingerprint density at radius 3 is 2.45 bits per heavy atom. The standard InChI is InChI=1S/C28H31F2N7O3/c1-4-39-19-13-21(29)20(22(30)14-19)15-37-24(17-5-6-17)16(2)23(36-37)27-34-26(31)25(40-12-11-38-3)28(35-27)33-18-7-9-32-10-8-18/h7-10,13-14,17H,4-6,11-12,15H2,1-3H3,(H3,31,32,33,34,35). The Kier molecular flexibility index (Phi) is 8.06. The fourth-order valence-corrected chi connectivity index (χ4v) is 4.50. The van der Waals surface area contributed by atoms with E-state index in [4.69, 9.17) is 30.0 Å². The summed E-state index contributed by atoms with van der Waals surface area (Å²) in [6, 6.07) is 5.95. The van der Waals surface area contributed by atoms with E-state index in [1.165, 1.54) is 12.1 Å². The molecule has 0 unspecified atom stereocenters. The van der Waals surface area contributed by atoms with Gasteiger partial charge in [0.25, 0.3) is 0 Å². The molecule has 4 aromatic rings. The number of methoxy groups -OCH3 is 1. The summed E-state index contributed by atoms with van der Waals surface area (Å²) >= 11 is 0. The number of nitrogens with one attached hydrogen (secondary N) is 1. The largest absolute Gasteiger partial charge is 0.494 e. The van der Waals surface area contributed by atoms with Gasteiger partial charge < -0.3 is 25.3 Å². The van der Waals surface area contributed by atoms with Crippen LogP contribution in [-0.2, 0) is 11.3 Å². The van der Waals surface area contributed by atoms with Gasteiger partial charge in [-0.25, -0.2) is 18.7 Å². The maximum absolute atomic E-state index is 14.9. The van der Waals surface area contributed by atoms with E-state index >= 15 is 0 Å². The first-order chi connectivity index (χ1) is 19.4. The number of anilines is 3. The number of aromatic nitrogens is 5. The van der Waals surface area contributed by atoms with Crippen LogP contribution in [0.5, 0.6) is 11.5 Å². The van der Waals surface area contributed by atoms with Crippen LogP contribution in [0, 0.1) is 18.6 Å². The number of rotatable bonds is 12. The van der Waals surface area contributed by atoms with E-state index in [-0.39, 0.29) is 47.8 Å². The third-order valence-electron chi connectivity index (χ3n) is 6.52. The first-order valence-corrected chi connectivity index (χ1v) is 13.0. The molecule has 0 spiro atoms. The Balaban J connectivity index is 1.55. The number of nitrogens with two attached hydrogens (primary N) is 1. The number of nitrogens with zero attached hydrogens (tertiary/aromatic N) is 5.